The van der Waals surface area contributed by atoms with Crippen molar-refractivity contribution >= 4 is 83.8 Å². The summed E-state index contributed by atoms with van der Waals surface area (Å²) in [5.41, 5.74) is 37.0. The highest BCUT2D eigenvalue weighted by Crippen LogP contribution is 2.68. The maximum atomic E-state index is 2.78. The van der Waals surface area contributed by atoms with Crippen LogP contribution in [0.2, 0.25) is 0 Å². The molecule has 12 aromatic rings. The Hall–Kier alpha value is -10.5. The predicted octanol–water partition coefficient (Wildman–Crippen LogP) is 25.8. The number of aryl methyl sites for hydroxylation is 1. The molecule has 3 heterocycles. The first-order valence-electron chi connectivity index (χ1n) is 36.7. The lowest BCUT2D eigenvalue weighted by Crippen LogP contribution is -2.48. The minimum Gasteiger partial charge on any atom is -0.314 e. The number of allylic oxidation sites excluding steroid dienone is 8. The van der Waals surface area contributed by atoms with E-state index in [-0.39, 0.29) is 33.0 Å². The Morgan fingerprint density at radius 1 is 0.380 bits per heavy atom. The van der Waals surface area contributed by atoms with Crippen LogP contribution in [0.15, 0.2) is 277 Å². The monoisotopic (exact) mass is 1290 g/mol. The van der Waals surface area contributed by atoms with Gasteiger partial charge in [-0.15, -0.1) is 0 Å². The van der Waals surface area contributed by atoms with E-state index in [9.17, 15) is 0 Å². The van der Waals surface area contributed by atoms with E-state index in [4.69, 9.17) is 0 Å². The number of hydrogen-bond acceptors (Lipinski definition) is 3. The van der Waals surface area contributed by atoms with Crippen LogP contribution < -0.4 is 14.7 Å². The summed E-state index contributed by atoms with van der Waals surface area (Å²) in [5.74, 6) is 0.181. The van der Waals surface area contributed by atoms with E-state index in [1.807, 2.05) is 0 Å². The van der Waals surface area contributed by atoms with Crippen molar-refractivity contribution in [1.29, 1.82) is 0 Å². The largest absolute Gasteiger partial charge is 0.314 e. The number of nitrogens with zero attached hydrogens (tertiary/aromatic N) is 3. The molecule has 0 saturated carbocycles. The average Bonchev–Trinajstić information content (AvgIpc) is 0.876. The molecular weight excluding hydrogens is 1210 g/mol. The molecule has 1 unspecified atom stereocenters. The van der Waals surface area contributed by atoms with Crippen LogP contribution in [-0.4, -0.2) is 0 Å². The number of anilines is 7. The first-order chi connectivity index (χ1) is 48.3. The first-order valence-corrected chi connectivity index (χ1v) is 36.7. The van der Waals surface area contributed by atoms with Gasteiger partial charge in [0.25, 0.3) is 0 Å². The van der Waals surface area contributed by atoms with Crippen molar-refractivity contribution in [3.63, 3.8) is 0 Å². The van der Waals surface area contributed by atoms with Crippen molar-refractivity contribution in [2.45, 2.75) is 134 Å². The van der Waals surface area contributed by atoms with Gasteiger partial charge in [0.15, 0.2) is 0 Å². The lowest BCUT2D eigenvalue weighted by molar-refractivity contribution is 0.504. The van der Waals surface area contributed by atoms with E-state index in [2.05, 4.69) is 339 Å². The van der Waals surface area contributed by atoms with Crippen LogP contribution in [0.4, 0.5) is 39.8 Å². The average molecular weight is 1290 g/mol. The fourth-order valence-electron chi connectivity index (χ4n) is 19.8. The molecule has 0 bridgehead atoms. The molecule has 0 saturated heterocycles. The molecule has 486 valence electrons. The van der Waals surface area contributed by atoms with E-state index in [0.29, 0.717) is 0 Å². The molecule has 100 heavy (non-hydrogen) atoms. The van der Waals surface area contributed by atoms with Crippen LogP contribution in [0.3, 0.4) is 0 Å². The van der Waals surface area contributed by atoms with E-state index in [1.54, 1.807) is 5.57 Å². The van der Waals surface area contributed by atoms with E-state index < -0.39 is 0 Å². The molecule has 3 heteroatoms. The Kier molecular flexibility index (Phi) is 12.4. The molecule has 5 aliphatic carbocycles. The minimum atomic E-state index is -0.320. The number of fused-ring (bicyclic) bond motifs is 9. The molecule has 12 aromatic carbocycles. The van der Waals surface area contributed by atoms with Gasteiger partial charge in [-0.3, -0.25) is 0 Å². The lowest BCUT2D eigenvalue weighted by Gasteiger charge is -2.57. The Balaban J connectivity index is 0.676. The highest BCUT2D eigenvalue weighted by molar-refractivity contribution is 5.98. The molecule has 8 aliphatic rings. The van der Waals surface area contributed by atoms with Crippen LogP contribution in [-0.2, 0) is 33.5 Å². The molecule has 3 nitrogen and oxygen atoms in total. The lowest BCUT2D eigenvalue weighted by atomic mass is 9.57. The zero-order valence-electron chi connectivity index (χ0n) is 59.2. The summed E-state index contributed by atoms with van der Waals surface area (Å²) in [6, 6.07) is 89.1. The van der Waals surface area contributed by atoms with Crippen molar-refractivity contribution in [3.8, 4) is 22.3 Å². The van der Waals surface area contributed by atoms with Gasteiger partial charge in [-0.05, 0) is 255 Å². The molecule has 1 atom stereocenters. The van der Waals surface area contributed by atoms with Gasteiger partial charge in [-0.1, -0.05) is 239 Å². The smallest absolute Gasteiger partial charge is 0.0544 e. The van der Waals surface area contributed by atoms with Gasteiger partial charge in [0.1, 0.15) is 0 Å². The summed E-state index contributed by atoms with van der Waals surface area (Å²) in [6.45, 7) is 25.1. The van der Waals surface area contributed by atoms with Gasteiger partial charge in [-0.25, -0.2) is 0 Å². The third-order valence-electron chi connectivity index (χ3n) is 25.5. The van der Waals surface area contributed by atoms with Crippen LogP contribution in [0.25, 0.3) is 66.2 Å². The molecule has 0 N–H and O–H groups in total. The molecule has 0 aromatic heterocycles. The van der Waals surface area contributed by atoms with Crippen LogP contribution in [0, 0.1) is 0 Å². The maximum absolute atomic E-state index is 2.78. The van der Waals surface area contributed by atoms with Gasteiger partial charge in [0.2, 0.25) is 0 Å². The number of para-hydroxylation sites is 1. The Labute approximate surface area is 589 Å². The second kappa shape index (κ2) is 20.8. The molecule has 0 spiro atoms. The molecule has 0 fully saturated rings. The van der Waals surface area contributed by atoms with Gasteiger partial charge >= 0.3 is 0 Å². The molecule has 20 rings (SSSR count). The topological polar surface area (TPSA) is 9.72 Å². The highest BCUT2D eigenvalue weighted by atomic mass is 15.2. The summed E-state index contributed by atoms with van der Waals surface area (Å²) in [6.07, 6.45) is 15.1. The summed E-state index contributed by atoms with van der Waals surface area (Å²) in [7, 11) is 0. The number of hydrogen-bond donors (Lipinski definition) is 0. The second-order valence-corrected chi connectivity index (χ2v) is 32.7. The fraction of sp³-hybridized carbons (Fsp3) is 0.216. The zero-order valence-corrected chi connectivity index (χ0v) is 59.2. The van der Waals surface area contributed by atoms with Crippen molar-refractivity contribution in [3.05, 3.63) is 338 Å². The molecule has 0 amide bonds. The van der Waals surface area contributed by atoms with E-state index in [0.717, 1.165) is 43.5 Å². The predicted molar refractivity (Wildman–Crippen MR) is 422 cm³/mol. The van der Waals surface area contributed by atoms with Gasteiger partial charge < -0.3 is 14.7 Å². The number of benzene rings is 12. The summed E-state index contributed by atoms with van der Waals surface area (Å²) in [4.78, 5) is 7.82. The third kappa shape index (κ3) is 8.39. The van der Waals surface area contributed by atoms with Gasteiger partial charge in [0, 0.05) is 67.1 Å². The van der Waals surface area contributed by atoms with Gasteiger partial charge in [0.05, 0.1) is 17.1 Å². The minimum absolute atomic E-state index is 0.181. The van der Waals surface area contributed by atoms with E-state index >= 15 is 0 Å². The van der Waals surface area contributed by atoms with Crippen LogP contribution in [0.5, 0.6) is 0 Å². The van der Waals surface area contributed by atoms with Crippen molar-refractivity contribution in [1.82, 2.24) is 0 Å². The summed E-state index contributed by atoms with van der Waals surface area (Å²) in [5, 5.41) is 7.48. The SMILES string of the molecule is CC1(C)C2=C(CCC(N(c3ccc4c(c3)C=CCC4)c3ccc4ccccc4c3)=C2)c2ccc(-c3cc4c5c(c3)C(C)(C)c3cccc6c3N5C3=C(CC(c5ccc7c(c5)C(C)(C)c5cc(N(c8ccc9ccccc9c8)c8ccc9ccccc9c8)ccc5-7)C=C3C4(C)C)C6(C)C)cc21. The van der Waals surface area contributed by atoms with Crippen molar-refractivity contribution < 1.29 is 0 Å². The Morgan fingerprint density at radius 3 is 1.57 bits per heavy atom. The standard InChI is InChI=1S/C97H83N3/c1-93(2)80-28-19-29-81-90(80)100-91-86(93)52-68(66-34-42-76-78-44-40-74(56-84(78)95(5,6)82(76)50-66)98(70-36-30-58-20-11-15-24-62(58)46-70)71-37-31-59-21-12-16-25-63(59)47-71)54-88(91)97(9,10)89-55-69(53-87(92(89)100)94(81,3)4)67-35-43-77-79-45-41-75(57-85(79)96(7,8)83(77)51-67)99(72-38-32-60-22-13-17-26-64(60)48-72)73-39-33-61-23-14-18-27-65(61)49-73/h11-13,15-22,24-40,42-44,46-51,53-57,68H,14,23,41,45,52H2,1-10H3. The maximum Gasteiger partial charge on any atom is 0.0544 e. The zero-order chi connectivity index (χ0) is 67.7. The highest BCUT2D eigenvalue weighted by Gasteiger charge is 2.55. The fourth-order valence-corrected chi connectivity index (χ4v) is 19.8. The Morgan fingerprint density at radius 2 is 0.900 bits per heavy atom. The quantitative estimate of drug-likeness (QED) is 0.150. The van der Waals surface area contributed by atoms with Crippen molar-refractivity contribution in [2.24, 2.45) is 0 Å². The molecular formula is C97H83N3. The van der Waals surface area contributed by atoms with Crippen molar-refractivity contribution in [2.75, 3.05) is 14.7 Å². The number of rotatable bonds is 8. The summed E-state index contributed by atoms with van der Waals surface area (Å²) < 4.78 is 0. The van der Waals surface area contributed by atoms with Crippen LogP contribution in [0.1, 0.15) is 162 Å². The first kappa shape index (κ1) is 59.6. The third-order valence-corrected chi connectivity index (χ3v) is 25.5. The second-order valence-electron chi connectivity index (χ2n) is 32.7. The molecule has 0 radical (unpaired) electrons. The summed E-state index contributed by atoms with van der Waals surface area (Å²) >= 11 is 0. The van der Waals surface area contributed by atoms with E-state index in [1.165, 1.54) is 172 Å². The normalized spacial score (nSPS) is 19.0. The molecule has 3 aliphatic heterocycles. The van der Waals surface area contributed by atoms with Crippen LogP contribution >= 0.6 is 0 Å². The van der Waals surface area contributed by atoms with Gasteiger partial charge in [-0.2, -0.15) is 0 Å². The Bertz CT molecular complexity index is 5740.